The molecule has 2 aromatic rings. The van der Waals surface area contributed by atoms with Gasteiger partial charge in [0.05, 0.1) is 19.6 Å². The lowest BCUT2D eigenvalue weighted by atomic mass is 10.1. The van der Waals surface area contributed by atoms with Crippen molar-refractivity contribution in [3.63, 3.8) is 0 Å². The molecule has 1 saturated heterocycles. The van der Waals surface area contributed by atoms with Crippen molar-refractivity contribution >= 4 is 39.1 Å². The first-order valence-electron chi connectivity index (χ1n) is 10.3. The van der Waals surface area contributed by atoms with Crippen molar-refractivity contribution in [3.8, 4) is 11.5 Å². The Morgan fingerprint density at radius 2 is 1.83 bits per heavy atom. The zero-order valence-electron chi connectivity index (χ0n) is 17.4. The highest BCUT2D eigenvalue weighted by Gasteiger charge is 2.20. The first kappa shape index (κ1) is 22.2. The largest absolute Gasteiger partial charge is 0.490 e. The van der Waals surface area contributed by atoms with Crippen molar-refractivity contribution in [1.29, 1.82) is 0 Å². The Balaban J connectivity index is 1.72. The zero-order chi connectivity index (χ0) is 21.5. The van der Waals surface area contributed by atoms with E-state index in [1.807, 2.05) is 50.2 Å². The molecule has 2 aromatic carbocycles. The van der Waals surface area contributed by atoms with Gasteiger partial charge in [-0.05, 0) is 62.6 Å². The van der Waals surface area contributed by atoms with E-state index in [1.54, 1.807) is 4.90 Å². The van der Waals surface area contributed by atoms with Crippen LogP contribution >= 0.6 is 15.9 Å². The summed E-state index contributed by atoms with van der Waals surface area (Å²) in [5, 5.41) is 2.93. The monoisotopic (exact) mass is 474 g/mol. The van der Waals surface area contributed by atoms with Gasteiger partial charge < -0.3 is 19.7 Å². The third-order valence-corrected chi connectivity index (χ3v) is 5.57. The predicted molar refractivity (Wildman–Crippen MR) is 121 cm³/mol. The second kappa shape index (κ2) is 10.5. The molecule has 0 aliphatic carbocycles. The van der Waals surface area contributed by atoms with Gasteiger partial charge in [0.2, 0.25) is 11.8 Å². The molecule has 1 aliphatic heterocycles. The van der Waals surface area contributed by atoms with Crippen molar-refractivity contribution in [1.82, 2.24) is 0 Å². The van der Waals surface area contributed by atoms with E-state index in [1.165, 1.54) is 0 Å². The molecule has 3 rings (SSSR count). The maximum Gasteiger partial charge on any atom is 0.228 e. The molecule has 160 valence electrons. The van der Waals surface area contributed by atoms with Gasteiger partial charge in [0, 0.05) is 28.8 Å². The highest BCUT2D eigenvalue weighted by Crippen LogP contribution is 2.34. The maximum atomic E-state index is 12.7. The van der Waals surface area contributed by atoms with Crippen LogP contribution in [0.25, 0.3) is 0 Å². The molecule has 0 saturated carbocycles. The van der Waals surface area contributed by atoms with Crippen LogP contribution < -0.4 is 19.7 Å². The van der Waals surface area contributed by atoms with Gasteiger partial charge in [0.1, 0.15) is 0 Å². The van der Waals surface area contributed by atoms with Crippen molar-refractivity contribution in [2.45, 2.75) is 39.5 Å². The molecular formula is C23H27BrN2O4. The molecule has 1 aliphatic rings. The van der Waals surface area contributed by atoms with Crippen molar-refractivity contribution in [3.05, 3.63) is 46.4 Å². The summed E-state index contributed by atoms with van der Waals surface area (Å²) in [6.45, 7) is 5.58. The fraction of sp³-hybridized carbons (Fsp3) is 0.391. The van der Waals surface area contributed by atoms with E-state index < -0.39 is 0 Å². The van der Waals surface area contributed by atoms with Crippen LogP contribution in [0.4, 0.5) is 11.4 Å². The number of benzene rings is 2. The molecule has 0 unspecified atom stereocenters. The van der Waals surface area contributed by atoms with Crippen LogP contribution in [0.3, 0.4) is 0 Å². The number of carbonyl (C=O) groups is 2. The molecule has 0 radical (unpaired) electrons. The van der Waals surface area contributed by atoms with Crippen LogP contribution in [-0.2, 0) is 16.0 Å². The van der Waals surface area contributed by atoms with Crippen molar-refractivity contribution in [2.24, 2.45) is 0 Å². The van der Waals surface area contributed by atoms with Gasteiger partial charge in [-0.25, -0.2) is 0 Å². The Morgan fingerprint density at radius 1 is 1.10 bits per heavy atom. The minimum atomic E-state index is -0.149. The van der Waals surface area contributed by atoms with Crippen LogP contribution in [0, 0.1) is 0 Å². The number of piperidine rings is 1. The Hall–Kier alpha value is -2.54. The smallest absolute Gasteiger partial charge is 0.228 e. The molecule has 0 spiro atoms. The molecule has 0 aromatic heterocycles. The average molecular weight is 475 g/mol. The average Bonchev–Trinajstić information content (AvgIpc) is 2.72. The molecule has 1 heterocycles. The topological polar surface area (TPSA) is 67.9 Å². The summed E-state index contributed by atoms with van der Waals surface area (Å²) in [4.78, 5) is 26.6. The molecule has 7 heteroatoms. The van der Waals surface area contributed by atoms with Crippen LogP contribution in [0.15, 0.2) is 40.9 Å². The Morgan fingerprint density at radius 3 is 2.53 bits per heavy atom. The quantitative estimate of drug-likeness (QED) is 0.587. The number of nitrogens with zero attached hydrogens (tertiary/aromatic N) is 1. The number of hydrogen-bond acceptors (Lipinski definition) is 4. The first-order chi connectivity index (χ1) is 14.5. The summed E-state index contributed by atoms with van der Waals surface area (Å²) in [5.41, 5.74) is 2.29. The number of anilines is 2. The summed E-state index contributed by atoms with van der Waals surface area (Å²) in [6, 6.07) is 11.1. The summed E-state index contributed by atoms with van der Waals surface area (Å²) in [6.07, 6.45) is 2.69. The lowest BCUT2D eigenvalue weighted by Gasteiger charge is -2.27. The third-order valence-electron chi connectivity index (χ3n) is 4.83. The van der Waals surface area contributed by atoms with Crippen LogP contribution in [0.2, 0.25) is 0 Å². The lowest BCUT2D eigenvalue weighted by Crippen LogP contribution is -2.35. The van der Waals surface area contributed by atoms with Crippen molar-refractivity contribution < 1.29 is 19.1 Å². The van der Waals surface area contributed by atoms with Gasteiger partial charge in [-0.2, -0.15) is 0 Å². The molecule has 1 fully saturated rings. The van der Waals surface area contributed by atoms with Crippen LogP contribution in [0.5, 0.6) is 11.5 Å². The van der Waals surface area contributed by atoms with E-state index in [4.69, 9.17) is 9.47 Å². The van der Waals surface area contributed by atoms with E-state index in [0.29, 0.717) is 36.8 Å². The minimum Gasteiger partial charge on any atom is -0.490 e. The number of rotatable bonds is 8. The number of nitrogens with one attached hydrogen (secondary N) is 1. The van der Waals surface area contributed by atoms with Crippen LogP contribution in [-0.4, -0.2) is 31.6 Å². The Kier molecular flexibility index (Phi) is 7.74. The Labute approximate surface area is 185 Å². The van der Waals surface area contributed by atoms with E-state index in [9.17, 15) is 9.59 Å². The molecule has 1 N–H and O–H groups in total. The fourth-order valence-corrected chi connectivity index (χ4v) is 3.92. The van der Waals surface area contributed by atoms with Gasteiger partial charge in [-0.3, -0.25) is 9.59 Å². The van der Waals surface area contributed by atoms with Gasteiger partial charge in [0.15, 0.2) is 11.5 Å². The second-order valence-electron chi connectivity index (χ2n) is 7.03. The van der Waals surface area contributed by atoms with Gasteiger partial charge in [-0.15, -0.1) is 0 Å². The standard InChI is InChI=1S/C23H27BrN2O4/c1-3-29-20-12-16(19(24)15-21(20)30-4-2)13-22(27)25-17-8-7-9-18(14-17)26-11-6-5-10-23(26)28/h7-9,12,14-15H,3-6,10-11,13H2,1-2H3,(H,25,27). The molecule has 2 amide bonds. The lowest BCUT2D eigenvalue weighted by molar-refractivity contribution is -0.119. The number of amides is 2. The highest BCUT2D eigenvalue weighted by molar-refractivity contribution is 9.10. The summed E-state index contributed by atoms with van der Waals surface area (Å²) < 4.78 is 12.1. The minimum absolute atomic E-state index is 0.131. The zero-order valence-corrected chi connectivity index (χ0v) is 19.0. The molecule has 0 bridgehead atoms. The summed E-state index contributed by atoms with van der Waals surface area (Å²) in [5.74, 6) is 1.25. The van der Waals surface area contributed by atoms with E-state index in [-0.39, 0.29) is 18.2 Å². The van der Waals surface area contributed by atoms with Crippen LogP contribution in [0.1, 0.15) is 38.7 Å². The molecule has 30 heavy (non-hydrogen) atoms. The van der Waals surface area contributed by atoms with Gasteiger partial charge in [-0.1, -0.05) is 22.0 Å². The molecule has 0 atom stereocenters. The van der Waals surface area contributed by atoms with E-state index in [2.05, 4.69) is 21.2 Å². The number of carbonyl (C=O) groups excluding carboxylic acids is 2. The number of ether oxygens (including phenoxy) is 2. The Bertz CT molecular complexity index is 916. The molecule has 6 nitrogen and oxygen atoms in total. The number of hydrogen-bond donors (Lipinski definition) is 1. The normalized spacial score (nSPS) is 13.8. The predicted octanol–water partition coefficient (Wildman–Crippen LogP) is 4.94. The summed E-state index contributed by atoms with van der Waals surface area (Å²) in [7, 11) is 0. The first-order valence-corrected chi connectivity index (χ1v) is 11.1. The fourth-order valence-electron chi connectivity index (χ4n) is 3.46. The maximum absolute atomic E-state index is 12.7. The number of halogens is 1. The summed E-state index contributed by atoms with van der Waals surface area (Å²) >= 11 is 3.53. The second-order valence-corrected chi connectivity index (χ2v) is 7.89. The highest BCUT2D eigenvalue weighted by atomic mass is 79.9. The van der Waals surface area contributed by atoms with E-state index in [0.717, 1.165) is 35.1 Å². The van der Waals surface area contributed by atoms with Crippen molar-refractivity contribution in [2.75, 3.05) is 30.0 Å². The van der Waals surface area contributed by atoms with Gasteiger partial charge in [0.25, 0.3) is 0 Å². The van der Waals surface area contributed by atoms with Gasteiger partial charge >= 0.3 is 0 Å². The SMILES string of the molecule is CCOc1cc(Br)c(CC(=O)Nc2cccc(N3CCCCC3=O)c2)cc1OCC. The third kappa shape index (κ3) is 5.53. The van der Waals surface area contributed by atoms with E-state index >= 15 is 0 Å². The molecular weight excluding hydrogens is 448 g/mol.